The molecule has 0 unspecified atom stereocenters. The van der Waals surface area contributed by atoms with Gasteiger partial charge in [-0.05, 0) is 18.6 Å². The van der Waals surface area contributed by atoms with Gasteiger partial charge >= 0.3 is 5.97 Å². The van der Waals surface area contributed by atoms with Gasteiger partial charge in [0.15, 0.2) is 0 Å². The predicted octanol–water partition coefficient (Wildman–Crippen LogP) is 1.78. The summed E-state index contributed by atoms with van der Waals surface area (Å²) in [5.41, 5.74) is 0. The number of carboxylic acids is 1. The maximum Gasteiger partial charge on any atom is 0.313 e. The van der Waals surface area contributed by atoms with E-state index < -0.39 is 5.97 Å². The third kappa shape index (κ3) is 8.42. The van der Waals surface area contributed by atoms with E-state index in [1.54, 1.807) is 0 Å². The van der Waals surface area contributed by atoms with Gasteiger partial charge < -0.3 is 15.2 Å². The van der Waals surface area contributed by atoms with Gasteiger partial charge in [-0.25, -0.2) is 0 Å². The smallest absolute Gasteiger partial charge is 0.313 e. The Kier molecular flexibility index (Phi) is 8.30. The van der Waals surface area contributed by atoms with Crippen molar-refractivity contribution in [3.8, 4) is 5.75 Å². The SMILES string of the molecule is O=C(O)CSCCNC(=O)CCCOc1ccccc1. The number of hydrogen-bond acceptors (Lipinski definition) is 4. The number of rotatable bonds is 10. The summed E-state index contributed by atoms with van der Waals surface area (Å²) < 4.78 is 5.48. The molecule has 0 fully saturated rings. The van der Waals surface area contributed by atoms with Crippen LogP contribution in [0.2, 0.25) is 0 Å². The number of thioether (sulfide) groups is 1. The average molecular weight is 297 g/mol. The minimum atomic E-state index is -0.834. The Morgan fingerprint density at radius 3 is 2.70 bits per heavy atom. The molecule has 0 atom stereocenters. The molecule has 1 amide bonds. The van der Waals surface area contributed by atoms with Crippen molar-refractivity contribution in [3.05, 3.63) is 30.3 Å². The molecule has 2 N–H and O–H groups in total. The standard InChI is InChI=1S/C14H19NO4S/c16-13(15-8-10-20-11-14(17)18)7-4-9-19-12-5-2-1-3-6-12/h1-3,5-6H,4,7-11H2,(H,15,16)(H,17,18). The third-order valence-corrected chi connectivity index (χ3v) is 3.30. The van der Waals surface area contributed by atoms with E-state index in [1.165, 1.54) is 11.8 Å². The summed E-state index contributed by atoms with van der Waals surface area (Å²) in [7, 11) is 0. The molecule has 1 rings (SSSR count). The molecule has 6 heteroatoms. The van der Waals surface area contributed by atoms with E-state index in [-0.39, 0.29) is 11.7 Å². The summed E-state index contributed by atoms with van der Waals surface area (Å²) >= 11 is 1.29. The first-order valence-corrected chi connectivity index (χ1v) is 7.58. The summed E-state index contributed by atoms with van der Waals surface area (Å²) in [6, 6.07) is 9.47. The number of benzene rings is 1. The molecule has 0 aromatic heterocycles. The number of nitrogens with one attached hydrogen (secondary N) is 1. The number of ether oxygens (including phenoxy) is 1. The van der Waals surface area contributed by atoms with Gasteiger partial charge in [-0.2, -0.15) is 0 Å². The monoisotopic (exact) mass is 297 g/mol. The Morgan fingerprint density at radius 1 is 1.25 bits per heavy atom. The van der Waals surface area contributed by atoms with Gasteiger partial charge in [0.05, 0.1) is 12.4 Å². The Morgan fingerprint density at radius 2 is 2.00 bits per heavy atom. The van der Waals surface area contributed by atoms with E-state index in [0.717, 1.165) is 5.75 Å². The van der Waals surface area contributed by atoms with Crippen molar-refractivity contribution < 1.29 is 19.4 Å². The second-order valence-corrected chi connectivity index (χ2v) is 5.17. The number of para-hydroxylation sites is 1. The fourth-order valence-electron chi connectivity index (χ4n) is 1.45. The first-order valence-electron chi connectivity index (χ1n) is 6.42. The first-order chi connectivity index (χ1) is 9.68. The van der Waals surface area contributed by atoms with Crippen molar-refractivity contribution in [2.75, 3.05) is 24.7 Å². The van der Waals surface area contributed by atoms with Crippen molar-refractivity contribution in [1.29, 1.82) is 0 Å². The lowest BCUT2D eigenvalue weighted by Gasteiger charge is -2.06. The molecule has 20 heavy (non-hydrogen) atoms. The lowest BCUT2D eigenvalue weighted by molar-refractivity contribution is -0.133. The van der Waals surface area contributed by atoms with Crippen LogP contribution < -0.4 is 10.1 Å². The van der Waals surface area contributed by atoms with Crippen LogP contribution in [0, 0.1) is 0 Å². The van der Waals surface area contributed by atoms with Gasteiger partial charge in [0, 0.05) is 18.7 Å². The van der Waals surface area contributed by atoms with Gasteiger partial charge in [0.2, 0.25) is 5.91 Å². The second kappa shape index (κ2) is 10.1. The van der Waals surface area contributed by atoms with Crippen molar-refractivity contribution in [3.63, 3.8) is 0 Å². The van der Waals surface area contributed by atoms with Crippen LogP contribution in [-0.2, 0) is 9.59 Å². The molecule has 0 aliphatic heterocycles. The summed E-state index contributed by atoms with van der Waals surface area (Å²) in [5, 5.41) is 11.2. The van der Waals surface area contributed by atoms with Crippen LogP contribution in [0.5, 0.6) is 5.75 Å². The lowest BCUT2D eigenvalue weighted by Crippen LogP contribution is -2.26. The Labute approximate surface area is 122 Å². The molecule has 0 aliphatic carbocycles. The molecule has 1 aromatic rings. The summed E-state index contributed by atoms with van der Waals surface area (Å²) in [6.45, 7) is 1.00. The van der Waals surface area contributed by atoms with Crippen LogP contribution in [0.25, 0.3) is 0 Å². The molecular formula is C14H19NO4S. The van der Waals surface area contributed by atoms with Gasteiger partial charge in [-0.3, -0.25) is 9.59 Å². The van der Waals surface area contributed by atoms with E-state index in [0.29, 0.717) is 31.7 Å². The van der Waals surface area contributed by atoms with Crippen LogP contribution in [-0.4, -0.2) is 41.6 Å². The second-order valence-electron chi connectivity index (χ2n) is 4.06. The van der Waals surface area contributed by atoms with Crippen LogP contribution in [0.1, 0.15) is 12.8 Å². The van der Waals surface area contributed by atoms with E-state index in [1.807, 2.05) is 30.3 Å². The molecule has 1 aromatic carbocycles. The number of hydrogen-bond donors (Lipinski definition) is 2. The maximum atomic E-state index is 11.5. The topological polar surface area (TPSA) is 75.6 Å². The fourth-order valence-corrected chi connectivity index (χ4v) is 2.02. The van der Waals surface area contributed by atoms with Crippen LogP contribution in [0.4, 0.5) is 0 Å². The summed E-state index contributed by atoms with van der Waals surface area (Å²) in [4.78, 5) is 21.7. The van der Waals surface area contributed by atoms with E-state index >= 15 is 0 Å². The Hall–Kier alpha value is -1.69. The minimum Gasteiger partial charge on any atom is -0.494 e. The quantitative estimate of drug-likeness (QED) is 0.644. The van der Waals surface area contributed by atoms with Gasteiger partial charge in [0.1, 0.15) is 5.75 Å². The number of amides is 1. The lowest BCUT2D eigenvalue weighted by atomic mass is 10.3. The van der Waals surface area contributed by atoms with Crippen molar-refractivity contribution >= 4 is 23.6 Å². The molecule has 0 aliphatic rings. The maximum absolute atomic E-state index is 11.5. The zero-order valence-corrected chi connectivity index (χ0v) is 12.0. The highest BCUT2D eigenvalue weighted by molar-refractivity contribution is 7.99. The molecule has 0 saturated carbocycles. The number of carboxylic acid groups (broad SMARTS) is 1. The first kappa shape index (κ1) is 16.4. The molecule has 0 heterocycles. The fraction of sp³-hybridized carbons (Fsp3) is 0.429. The zero-order chi connectivity index (χ0) is 14.6. The average Bonchev–Trinajstić information content (AvgIpc) is 2.44. The van der Waals surface area contributed by atoms with Crippen molar-refractivity contribution in [1.82, 2.24) is 5.32 Å². The van der Waals surface area contributed by atoms with Crippen LogP contribution in [0.3, 0.4) is 0 Å². The van der Waals surface area contributed by atoms with E-state index in [4.69, 9.17) is 9.84 Å². The normalized spacial score (nSPS) is 10.0. The van der Waals surface area contributed by atoms with Crippen molar-refractivity contribution in [2.45, 2.75) is 12.8 Å². The summed E-state index contributed by atoms with van der Waals surface area (Å²) in [5.74, 6) is 0.620. The van der Waals surface area contributed by atoms with Gasteiger partial charge in [-0.1, -0.05) is 18.2 Å². The highest BCUT2D eigenvalue weighted by atomic mass is 32.2. The minimum absolute atomic E-state index is 0.0300. The molecule has 0 saturated heterocycles. The molecule has 0 bridgehead atoms. The number of carbonyl (C=O) groups excluding carboxylic acids is 1. The highest BCUT2D eigenvalue weighted by Crippen LogP contribution is 2.08. The number of carbonyl (C=O) groups is 2. The predicted molar refractivity (Wildman–Crippen MR) is 79.1 cm³/mol. The highest BCUT2D eigenvalue weighted by Gasteiger charge is 2.02. The Balaban J connectivity index is 1.96. The molecule has 0 radical (unpaired) electrons. The van der Waals surface area contributed by atoms with Crippen LogP contribution >= 0.6 is 11.8 Å². The molecule has 0 spiro atoms. The van der Waals surface area contributed by atoms with Crippen LogP contribution in [0.15, 0.2) is 30.3 Å². The van der Waals surface area contributed by atoms with E-state index in [9.17, 15) is 9.59 Å². The van der Waals surface area contributed by atoms with Crippen molar-refractivity contribution in [2.24, 2.45) is 0 Å². The molecular weight excluding hydrogens is 278 g/mol. The molecule has 5 nitrogen and oxygen atoms in total. The molecule has 110 valence electrons. The van der Waals surface area contributed by atoms with Gasteiger partial charge in [0.25, 0.3) is 0 Å². The Bertz CT molecular complexity index is 411. The number of aliphatic carboxylic acids is 1. The largest absolute Gasteiger partial charge is 0.494 e. The van der Waals surface area contributed by atoms with Gasteiger partial charge in [-0.15, -0.1) is 11.8 Å². The zero-order valence-electron chi connectivity index (χ0n) is 11.2. The van der Waals surface area contributed by atoms with E-state index in [2.05, 4.69) is 5.32 Å². The third-order valence-electron chi connectivity index (χ3n) is 2.35. The summed E-state index contributed by atoms with van der Waals surface area (Å²) in [6.07, 6.45) is 1.07.